The predicted octanol–water partition coefficient (Wildman–Crippen LogP) is 0.722. The van der Waals surface area contributed by atoms with E-state index in [4.69, 9.17) is 9.84 Å². The van der Waals surface area contributed by atoms with Gasteiger partial charge in [0, 0.05) is 6.07 Å². The molecule has 0 saturated carbocycles. The first-order valence-corrected chi connectivity index (χ1v) is 3.07. The Balaban J connectivity index is 2.99. The van der Waals surface area contributed by atoms with Gasteiger partial charge in [-0.2, -0.15) is 0 Å². The Bertz CT molecular complexity index is 252. The molecule has 0 fully saturated rings. The number of halogens is 1. The average molecular weight is 157 g/mol. The fourth-order valence-electron chi connectivity index (χ4n) is 0.677. The topological polar surface area (TPSA) is 42.4 Å². The van der Waals surface area contributed by atoms with Gasteiger partial charge in [0.1, 0.15) is 11.4 Å². The maximum Gasteiger partial charge on any atom is 0.150 e. The molecule has 0 aromatic carbocycles. The third-order valence-electron chi connectivity index (χ3n) is 1.28. The van der Waals surface area contributed by atoms with E-state index in [1.165, 1.54) is 19.4 Å². The molecule has 0 aliphatic carbocycles. The number of aromatic nitrogens is 1. The quantitative estimate of drug-likeness (QED) is 0.687. The van der Waals surface area contributed by atoms with Gasteiger partial charge in [-0.15, -0.1) is 0 Å². The molecule has 0 aliphatic heterocycles. The standard InChI is InChI=1S/C7H8FNO2/c1-11-5-2-6(8)7(4-10)9-3-5/h2-3,10H,4H2,1H3. The molecule has 11 heavy (non-hydrogen) atoms. The monoisotopic (exact) mass is 157 g/mol. The van der Waals surface area contributed by atoms with E-state index in [-0.39, 0.29) is 5.69 Å². The second kappa shape index (κ2) is 3.30. The summed E-state index contributed by atoms with van der Waals surface area (Å²) >= 11 is 0. The van der Waals surface area contributed by atoms with Crippen molar-refractivity contribution in [1.29, 1.82) is 0 Å². The number of methoxy groups -OCH3 is 1. The summed E-state index contributed by atoms with van der Waals surface area (Å²) in [6.45, 7) is -0.393. The molecule has 0 atom stereocenters. The molecular weight excluding hydrogens is 149 g/mol. The van der Waals surface area contributed by atoms with E-state index in [0.29, 0.717) is 5.75 Å². The molecule has 1 aromatic heterocycles. The minimum absolute atomic E-state index is 0.0331. The Kier molecular flexibility index (Phi) is 2.38. The van der Waals surface area contributed by atoms with Gasteiger partial charge in [-0.25, -0.2) is 4.39 Å². The molecule has 3 nitrogen and oxygen atoms in total. The van der Waals surface area contributed by atoms with Crippen molar-refractivity contribution in [1.82, 2.24) is 4.98 Å². The maximum atomic E-state index is 12.7. The van der Waals surface area contributed by atoms with Crippen molar-refractivity contribution in [2.45, 2.75) is 6.61 Å². The zero-order valence-electron chi connectivity index (χ0n) is 6.04. The molecular formula is C7H8FNO2. The maximum absolute atomic E-state index is 12.7. The van der Waals surface area contributed by atoms with Gasteiger partial charge in [-0.05, 0) is 0 Å². The highest BCUT2D eigenvalue weighted by molar-refractivity contribution is 5.21. The van der Waals surface area contributed by atoms with Crippen LogP contribution in [0.25, 0.3) is 0 Å². The van der Waals surface area contributed by atoms with Crippen LogP contribution in [0, 0.1) is 5.82 Å². The van der Waals surface area contributed by atoms with Crippen LogP contribution in [0.1, 0.15) is 5.69 Å². The fourth-order valence-corrected chi connectivity index (χ4v) is 0.677. The molecule has 60 valence electrons. The Morgan fingerprint density at radius 2 is 2.45 bits per heavy atom. The summed E-state index contributed by atoms with van der Waals surface area (Å²) in [5, 5.41) is 8.54. The van der Waals surface area contributed by atoms with Gasteiger partial charge in [0.15, 0.2) is 5.82 Å². The van der Waals surface area contributed by atoms with Crippen LogP contribution >= 0.6 is 0 Å². The van der Waals surface area contributed by atoms with E-state index < -0.39 is 12.4 Å². The van der Waals surface area contributed by atoms with Crippen LogP contribution < -0.4 is 4.74 Å². The van der Waals surface area contributed by atoms with Crippen LogP contribution in [0.4, 0.5) is 4.39 Å². The Morgan fingerprint density at radius 3 is 2.91 bits per heavy atom. The van der Waals surface area contributed by atoms with Crippen molar-refractivity contribution in [3.05, 3.63) is 23.8 Å². The molecule has 0 spiro atoms. The molecule has 0 bridgehead atoms. The zero-order valence-corrected chi connectivity index (χ0v) is 6.04. The molecule has 4 heteroatoms. The normalized spacial score (nSPS) is 9.73. The highest BCUT2D eigenvalue weighted by Crippen LogP contribution is 2.12. The minimum atomic E-state index is -0.549. The summed E-state index contributed by atoms with van der Waals surface area (Å²) in [6, 6.07) is 1.18. The second-order valence-corrected chi connectivity index (χ2v) is 1.96. The number of ether oxygens (including phenoxy) is 1. The van der Waals surface area contributed by atoms with Gasteiger partial charge >= 0.3 is 0 Å². The van der Waals surface area contributed by atoms with E-state index in [2.05, 4.69) is 4.98 Å². The first-order valence-electron chi connectivity index (χ1n) is 3.07. The summed E-state index contributed by atoms with van der Waals surface area (Å²) < 4.78 is 17.4. The summed E-state index contributed by atoms with van der Waals surface area (Å²) in [4.78, 5) is 3.62. The number of rotatable bonds is 2. The van der Waals surface area contributed by atoms with Crippen LogP contribution in [-0.4, -0.2) is 17.2 Å². The van der Waals surface area contributed by atoms with Crippen LogP contribution in [0.2, 0.25) is 0 Å². The van der Waals surface area contributed by atoms with E-state index in [9.17, 15) is 4.39 Å². The molecule has 0 radical (unpaired) electrons. The summed E-state index contributed by atoms with van der Waals surface area (Å²) in [5.74, 6) is -0.202. The molecule has 1 rings (SSSR count). The Morgan fingerprint density at radius 1 is 1.73 bits per heavy atom. The third kappa shape index (κ3) is 1.65. The molecule has 0 aliphatic rings. The summed E-state index contributed by atoms with van der Waals surface area (Å²) in [7, 11) is 1.43. The number of nitrogens with zero attached hydrogens (tertiary/aromatic N) is 1. The molecule has 0 unspecified atom stereocenters. The molecule has 0 amide bonds. The molecule has 0 saturated heterocycles. The van der Waals surface area contributed by atoms with Crippen LogP contribution in [0.5, 0.6) is 5.75 Å². The van der Waals surface area contributed by atoms with Crippen molar-refractivity contribution in [2.24, 2.45) is 0 Å². The summed E-state index contributed by atoms with van der Waals surface area (Å²) in [5.41, 5.74) is 0.0331. The lowest BCUT2D eigenvalue weighted by molar-refractivity contribution is 0.269. The van der Waals surface area contributed by atoms with Crippen molar-refractivity contribution >= 4 is 0 Å². The van der Waals surface area contributed by atoms with E-state index in [0.717, 1.165) is 0 Å². The van der Waals surface area contributed by atoms with Crippen LogP contribution in [0.15, 0.2) is 12.3 Å². The minimum Gasteiger partial charge on any atom is -0.495 e. The van der Waals surface area contributed by atoms with Gasteiger partial charge in [0.05, 0.1) is 19.9 Å². The number of aliphatic hydroxyl groups excluding tert-OH is 1. The lowest BCUT2D eigenvalue weighted by atomic mass is 10.3. The van der Waals surface area contributed by atoms with Crippen molar-refractivity contribution in [3.63, 3.8) is 0 Å². The van der Waals surface area contributed by atoms with Gasteiger partial charge in [0.25, 0.3) is 0 Å². The Labute approximate surface area is 63.5 Å². The van der Waals surface area contributed by atoms with E-state index >= 15 is 0 Å². The predicted molar refractivity (Wildman–Crippen MR) is 36.7 cm³/mol. The van der Waals surface area contributed by atoms with Gasteiger partial charge in [0.2, 0.25) is 0 Å². The van der Waals surface area contributed by atoms with Gasteiger partial charge < -0.3 is 9.84 Å². The number of aliphatic hydroxyl groups is 1. The highest BCUT2D eigenvalue weighted by Gasteiger charge is 2.02. The number of pyridine rings is 1. The lowest BCUT2D eigenvalue weighted by Gasteiger charge is -2.00. The zero-order chi connectivity index (χ0) is 8.27. The van der Waals surface area contributed by atoms with Gasteiger partial charge in [-0.3, -0.25) is 4.98 Å². The third-order valence-corrected chi connectivity index (χ3v) is 1.28. The van der Waals surface area contributed by atoms with Crippen molar-refractivity contribution < 1.29 is 14.2 Å². The van der Waals surface area contributed by atoms with E-state index in [1.807, 2.05) is 0 Å². The summed E-state index contributed by atoms with van der Waals surface area (Å²) in [6.07, 6.45) is 1.36. The smallest absolute Gasteiger partial charge is 0.150 e. The van der Waals surface area contributed by atoms with Gasteiger partial charge in [-0.1, -0.05) is 0 Å². The number of hydrogen-bond donors (Lipinski definition) is 1. The fraction of sp³-hybridized carbons (Fsp3) is 0.286. The average Bonchev–Trinajstić information content (AvgIpc) is 2.04. The molecule has 1 heterocycles. The van der Waals surface area contributed by atoms with E-state index in [1.54, 1.807) is 0 Å². The molecule has 1 N–H and O–H groups in total. The van der Waals surface area contributed by atoms with Crippen molar-refractivity contribution in [2.75, 3.05) is 7.11 Å². The largest absolute Gasteiger partial charge is 0.495 e. The first-order chi connectivity index (χ1) is 5.27. The highest BCUT2D eigenvalue weighted by atomic mass is 19.1. The SMILES string of the molecule is COc1cnc(CO)c(F)c1. The first kappa shape index (κ1) is 7.94. The Hall–Kier alpha value is -1.16. The van der Waals surface area contributed by atoms with Crippen LogP contribution in [-0.2, 0) is 6.61 Å². The van der Waals surface area contributed by atoms with Crippen molar-refractivity contribution in [3.8, 4) is 5.75 Å². The lowest BCUT2D eigenvalue weighted by Crippen LogP contribution is -1.95. The number of hydrogen-bond acceptors (Lipinski definition) is 3. The second-order valence-electron chi connectivity index (χ2n) is 1.96. The van der Waals surface area contributed by atoms with Crippen LogP contribution in [0.3, 0.4) is 0 Å². The molecule has 1 aromatic rings.